The van der Waals surface area contributed by atoms with Crippen LogP contribution in [0, 0.1) is 6.42 Å². The first-order valence-electron chi connectivity index (χ1n) is 21.4. The molecule has 0 amide bonds. The average molecular weight is 915 g/mol. The van der Waals surface area contributed by atoms with Crippen molar-refractivity contribution in [3.63, 3.8) is 0 Å². The van der Waals surface area contributed by atoms with Crippen molar-refractivity contribution < 1.29 is 49.0 Å². The summed E-state index contributed by atoms with van der Waals surface area (Å²) in [6.07, 6.45) is 9.28. The Balaban J connectivity index is 0.000000217. The fourth-order valence-electron chi connectivity index (χ4n) is 8.49. The van der Waals surface area contributed by atoms with Gasteiger partial charge in [-0.1, -0.05) is 89.1 Å². The number of rotatable bonds is 2. The molecule has 0 radical (unpaired) electrons. The number of benzene rings is 4. The Hall–Kier alpha value is -3.09. The normalized spacial score (nSPS) is 15.6. The second kappa shape index (κ2) is 18.3. The molecule has 60 heavy (non-hydrogen) atoms. The van der Waals surface area contributed by atoms with Gasteiger partial charge in [-0.2, -0.15) is 29.3 Å². The monoisotopic (exact) mass is 912 g/mol. The van der Waals surface area contributed by atoms with Crippen molar-refractivity contribution in [2.45, 2.75) is 144 Å². The molecule has 0 bridgehead atoms. The van der Waals surface area contributed by atoms with Gasteiger partial charge in [0.1, 0.15) is 0 Å². The van der Waals surface area contributed by atoms with Gasteiger partial charge in [-0.3, -0.25) is 0 Å². The Labute approximate surface area is 392 Å². The van der Waals surface area contributed by atoms with Crippen molar-refractivity contribution in [3.05, 3.63) is 177 Å². The molecule has 5 aromatic rings. The van der Waals surface area contributed by atoms with Gasteiger partial charge in [-0.05, 0) is 70.2 Å². The standard InChI is InChI=1S/C27H29.C21H26.C9H13.2ClH.Zr/c1-16-7-9-26(3,4)24-12-18-11-19-13-25-21(17(2)8-10-27(25,5)6)15-23(19)22(18)14-20(16)24;1-20(2,3)18-11-7-16(8-12-18)15-17-9-13-19(14-10-17)21(4,5)6;1-9(2,3)8-6-4-5-7-8;;;/h7-9,12-15H,10-11H2,1-6H3;7-14H,1-6H3;4-7H,1-3H3;2*1H;/q-1;;-1;;;+2/p-2. The molecular formula is C57H68Cl2Zr-2. The molecule has 0 aromatic heterocycles. The smallest absolute Gasteiger partial charge is 0.00133 e. The number of halogens is 2. The van der Waals surface area contributed by atoms with Gasteiger partial charge in [0.05, 0.1) is 0 Å². The molecule has 0 saturated heterocycles. The van der Waals surface area contributed by atoms with Crippen LogP contribution >= 0.6 is 0 Å². The van der Waals surface area contributed by atoms with Gasteiger partial charge < -0.3 is 24.8 Å². The van der Waals surface area contributed by atoms with E-state index in [1.807, 2.05) is 0 Å². The van der Waals surface area contributed by atoms with Gasteiger partial charge in [-0.25, -0.2) is 18.6 Å². The molecule has 8 rings (SSSR count). The van der Waals surface area contributed by atoms with Crippen LogP contribution in [0.25, 0.3) is 22.3 Å². The molecule has 3 heteroatoms. The third-order valence-electron chi connectivity index (χ3n) is 12.7. The number of allylic oxidation sites excluding steroid dienone is 4. The molecule has 0 unspecified atom stereocenters. The van der Waals surface area contributed by atoms with Crippen molar-refractivity contribution in [1.82, 2.24) is 0 Å². The fraction of sp³-hybridized carbons (Fsp3) is 0.386. The average Bonchev–Trinajstić information content (AvgIpc) is 3.83. The van der Waals surface area contributed by atoms with E-state index in [0.717, 1.165) is 12.8 Å². The molecule has 0 nitrogen and oxygen atoms in total. The zero-order chi connectivity index (χ0) is 42.6. The zero-order valence-corrected chi connectivity index (χ0v) is 43.1. The Morgan fingerprint density at radius 2 is 1.02 bits per heavy atom. The summed E-state index contributed by atoms with van der Waals surface area (Å²) < 4.78 is 1.42. The second-order valence-corrected chi connectivity index (χ2v) is 22.7. The van der Waals surface area contributed by atoms with Crippen molar-refractivity contribution in [1.29, 1.82) is 0 Å². The number of hydrogen-bond donors (Lipinski definition) is 0. The molecule has 0 atom stereocenters. The van der Waals surface area contributed by atoms with Crippen molar-refractivity contribution in [2.24, 2.45) is 0 Å². The molecular weight excluding hydrogens is 847 g/mol. The zero-order valence-electron chi connectivity index (χ0n) is 39.1. The molecule has 3 aliphatic carbocycles. The minimum atomic E-state index is 0. The third kappa shape index (κ3) is 10.7. The number of fused-ring (bicyclic) bond motifs is 5. The molecule has 0 aliphatic heterocycles. The van der Waals surface area contributed by atoms with Crippen molar-refractivity contribution >= 4 is 14.4 Å². The first kappa shape index (κ1) is 49.6. The minimum absolute atomic E-state index is 0. The number of hydrogen-bond acceptors (Lipinski definition) is 0. The SMILES string of the molecule is CC(C)(C)c1cc[cH-]c1.CC(C)(C)c1ccc([C](=[Zr+2])c2ccc(C(C)(C)C)cc2)cc1.CC1=C[CH-]C(C)(C)c2cc3c(cc21)-c1cc2c(cc1C3)C(C)(C)CC=C2C.[Cl-].[Cl-]. The third-order valence-corrected chi connectivity index (χ3v) is 14.1. The predicted octanol–water partition coefficient (Wildman–Crippen LogP) is 9.35. The second-order valence-electron chi connectivity index (χ2n) is 21.5. The van der Waals surface area contributed by atoms with E-state index in [1.165, 1.54) is 111 Å². The van der Waals surface area contributed by atoms with Crippen LogP contribution in [-0.2, 0) is 57.7 Å². The Morgan fingerprint density at radius 3 is 1.43 bits per heavy atom. The Morgan fingerprint density at radius 1 is 0.567 bits per heavy atom. The van der Waals surface area contributed by atoms with Gasteiger partial charge in [0.2, 0.25) is 0 Å². The quantitative estimate of drug-likeness (QED) is 0.152. The summed E-state index contributed by atoms with van der Waals surface area (Å²) in [6.45, 7) is 34.2. The van der Waals surface area contributed by atoms with Gasteiger partial charge in [0.15, 0.2) is 0 Å². The van der Waals surface area contributed by atoms with Crippen LogP contribution in [0.1, 0.15) is 171 Å². The first-order valence-corrected chi connectivity index (χ1v) is 22.7. The topological polar surface area (TPSA) is 0 Å². The van der Waals surface area contributed by atoms with Gasteiger partial charge in [0.25, 0.3) is 0 Å². The van der Waals surface area contributed by atoms with Crippen molar-refractivity contribution in [2.75, 3.05) is 0 Å². The summed E-state index contributed by atoms with van der Waals surface area (Å²) in [6, 6.07) is 36.6. The van der Waals surface area contributed by atoms with E-state index in [-0.39, 0.29) is 46.5 Å². The van der Waals surface area contributed by atoms with Crippen molar-refractivity contribution in [3.8, 4) is 11.1 Å². The van der Waals surface area contributed by atoms with E-state index in [0.29, 0.717) is 5.41 Å². The predicted molar refractivity (Wildman–Crippen MR) is 251 cm³/mol. The summed E-state index contributed by atoms with van der Waals surface area (Å²) in [5, 5.41) is 0. The van der Waals surface area contributed by atoms with Gasteiger partial charge in [-0.15, -0.1) is 12.5 Å². The van der Waals surface area contributed by atoms with Crippen LogP contribution in [0.5, 0.6) is 0 Å². The van der Waals surface area contributed by atoms with E-state index in [4.69, 9.17) is 0 Å². The van der Waals surface area contributed by atoms with E-state index < -0.39 is 0 Å². The van der Waals surface area contributed by atoms with Crippen LogP contribution < -0.4 is 24.8 Å². The van der Waals surface area contributed by atoms with Gasteiger partial charge >= 0.3 is 151 Å². The molecule has 0 N–H and O–H groups in total. The van der Waals surface area contributed by atoms with Crippen LogP contribution in [0.4, 0.5) is 0 Å². The molecule has 3 aliphatic rings. The summed E-state index contributed by atoms with van der Waals surface area (Å²) in [5.74, 6) is 0. The first-order chi connectivity index (χ1) is 26.9. The van der Waals surface area contributed by atoms with Crippen LogP contribution in [0.2, 0.25) is 0 Å². The van der Waals surface area contributed by atoms with E-state index in [9.17, 15) is 0 Å². The van der Waals surface area contributed by atoms with Crippen LogP contribution in [-0.4, -0.2) is 3.21 Å². The Bertz CT molecular complexity index is 2210. The minimum Gasteiger partial charge on any atom is -1.00 e. The maximum Gasteiger partial charge on any atom is -0.00133 e. The largest absolute Gasteiger partial charge is 1.00 e. The molecule has 0 saturated carbocycles. The molecule has 316 valence electrons. The van der Waals surface area contributed by atoms with E-state index in [2.05, 4.69) is 219 Å². The molecule has 5 aromatic carbocycles. The maximum atomic E-state index is 2.51. The Kier molecular flexibility index (Phi) is 15.1. The molecule has 0 spiro atoms. The van der Waals surface area contributed by atoms with Crippen LogP contribution in [0.15, 0.2) is 109 Å². The fourth-order valence-corrected chi connectivity index (χ4v) is 9.31. The van der Waals surface area contributed by atoms with E-state index >= 15 is 0 Å². The van der Waals surface area contributed by atoms with E-state index in [1.54, 1.807) is 0 Å². The maximum absolute atomic E-state index is 2.51. The van der Waals surface area contributed by atoms with Crippen LogP contribution in [0.3, 0.4) is 0 Å². The summed E-state index contributed by atoms with van der Waals surface area (Å²) in [5.41, 5.74) is 22.6. The molecule has 0 heterocycles. The summed E-state index contributed by atoms with van der Waals surface area (Å²) in [4.78, 5) is 0. The molecule has 0 fully saturated rings. The summed E-state index contributed by atoms with van der Waals surface area (Å²) in [7, 11) is 0. The van der Waals surface area contributed by atoms with Gasteiger partial charge in [0, 0.05) is 0 Å². The summed E-state index contributed by atoms with van der Waals surface area (Å²) >= 11 is 1.46.